The smallest absolute Gasteiger partial charge is 0.227 e. The molecule has 5 heteroatoms. The monoisotopic (exact) mass is 375 g/mol. The van der Waals surface area contributed by atoms with Crippen molar-refractivity contribution in [2.45, 2.75) is 19.4 Å². The zero-order chi connectivity index (χ0) is 14.1. The van der Waals surface area contributed by atoms with Gasteiger partial charge in [0.15, 0.2) is 0 Å². The number of benzene rings is 1. The summed E-state index contributed by atoms with van der Waals surface area (Å²) in [4.78, 5) is 22.3. The number of rotatable bonds is 8. The quantitative estimate of drug-likeness (QED) is 0.431. The van der Waals surface area contributed by atoms with Gasteiger partial charge in [0.25, 0.3) is 0 Å². The number of carbonyl (C=O) groups is 2. The lowest BCUT2D eigenvalue weighted by Gasteiger charge is -2.18. The fourth-order valence-electron chi connectivity index (χ4n) is 1.62. The molecule has 0 spiro atoms. The predicted octanol–water partition coefficient (Wildman–Crippen LogP) is 2.27. The fraction of sp³-hybridized carbons (Fsp3) is 0.429. The maximum absolute atomic E-state index is 11.5. The zero-order valence-corrected chi connectivity index (χ0v) is 13.1. The maximum Gasteiger partial charge on any atom is 0.227 e. The van der Waals surface area contributed by atoms with Gasteiger partial charge in [0.05, 0.1) is 19.1 Å². The highest BCUT2D eigenvalue weighted by molar-refractivity contribution is 14.1. The van der Waals surface area contributed by atoms with Gasteiger partial charge in [-0.3, -0.25) is 9.59 Å². The Labute approximate surface area is 127 Å². The van der Waals surface area contributed by atoms with E-state index in [1.54, 1.807) is 0 Å². The lowest BCUT2D eigenvalue weighted by molar-refractivity contribution is -0.127. The summed E-state index contributed by atoms with van der Waals surface area (Å²) in [7, 11) is 0. The van der Waals surface area contributed by atoms with Gasteiger partial charge in [-0.2, -0.15) is 0 Å². The summed E-state index contributed by atoms with van der Waals surface area (Å²) in [5.74, 6) is -0.395. The van der Waals surface area contributed by atoms with E-state index in [0.717, 1.165) is 9.99 Å². The van der Waals surface area contributed by atoms with Crippen molar-refractivity contribution in [1.29, 1.82) is 0 Å². The maximum atomic E-state index is 11.5. The molecule has 1 atom stereocenters. The molecule has 0 radical (unpaired) electrons. The summed E-state index contributed by atoms with van der Waals surface area (Å²) in [5, 5.41) is 2.73. The van der Waals surface area contributed by atoms with Crippen LogP contribution in [0.25, 0.3) is 0 Å². The first-order chi connectivity index (χ1) is 9.13. The number of nitrogens with one attached hydrogen (secondary N) is 1. The van der Waals surface area contributed by atoms with Gasteiger partial charge in [0, 0.05) is 11.0 Å². The predicted molar refractivity (Wildman–Crippen MR) is 82.3 cm³/mol. The molecule has 0 aliphatic rings. The molecule has 1 N–H and O–H groups in total. The van der Waals surface area contributed by atoms with Crippen molar-refractivity contribution in [2.75, 3.05) is 17.6 Å². The van der Waals surface area contributed by atoms with Crippen LogP contribution in [-0.2, 0) is 14.3 Å². The van der Waals surface area contributed by atoms with E-state index >= 15 is 0 Å². The van der Waals surface area contributed by atoms with Crippen molar-refractivity contribution < 1.29 is 14.3 Å². The molecule has 1 rings (SSSR count). The van der Waals surface area contributed by atoms with E-state index in [1.165, 1.54) is 6.92 Å². The molecule has 0 saturated heterocycles. The lowest BCUT2D eigenvalue weighted by atomic mass is 10.1. The second-order valence-corrected chi connectivity index (χ2v) is 5.22. The molecule has 1 unspecified atom stereocenters. The standard InChI is InChI=1S/C14H18INO3/c1-11(17)9-14(18)16-10-13(19-8-7-15)12-5-3-2-4-6-12/h2-6,13H,7-10H2,1H3,(H,16,18). The normalized spacial score (nSPS) is 11.9. The highest BCUT2D eigenvalue weighted by Gasteiger charge is 2.13. The lowest BCUT2D eigenvalue weighted by Crippen LogP contribution is -2.30. The Balaban J connectivity index is 2.55. The van der Waals surface area contributed by atoms with Crippen LogP contribution in [0.2, 0.25) is 0 Å². The first-order valence-corrected chi connectivity index (χ1v) is 7.64. The van der Waals surface area contributed by atoms with Crippen molar-refractivity contribution >= 4 is 34.3 Å². The van der Waals surface area contributed by atoms with Crippen molar-refractivity contribution in [3.05, 3.63) is 35.9 Å². The van der Waals surface area contributed by atoms with Gasteiger partial charge >= 0.3 is 0 Å². The molecule has 1 amide bonds. The first-order valence-electron chi connectivity index (χ1n) is 6.12. The molecular formula is C14H18INO3. The molecule has 0 heterocycles. The number of carbonyl (C=O) groups excluding carboxylic acids is 2. The third-order valence-corrected chi connectivity index (χ3v) is 2.90. The van der Waals surface area contributed by atoms with Crippen LogP contribution in [0.15, 0.2) is 30.3 Å². The summed E-state index contributed by atoms with van der Waals surface area (Å²) in [6, 6.07) is 9.75. The number of amides is 1. The molecule has 1 aromatic carbocycles. The summed E-state index contributed by atoms with van der Waals surface area (Å²) >= 11 is 2.24. The second-order valence-electron chi connectivity index (χ2n) is 4.14. The van der Waals surface area contributed by atoms with Crippen molar-refractivity contribution in [3.8, 4) is 0 Å². The summed E-state index contributed by atoms with van der Waals surface area (Å²) in [5.41, 5.74) is 1.02. The highest BCUT2D eigenvalue weighted by Crippen LogP contribution is 2.16. The largest absolute Gasteiger partial charge is 0.371 e. The Hall–Kier alpha value is -0.950. The molecule has 1 aromatic rings. The summed E-state index contributed by atoms with van der Waals surface area (Å²) < 4.78 is 6.62. The number of alkyl halides is 1. The SMILES string of the molecule is CC(=O)CC(=O)NCC(OCCI)c1ccccc1. The molecule has 0 aromatic heterocycles. The number of halogens is 1. The molecule has 0 aliphatic heterocycles. The van der Waals surface area contributed by atoms with Crippen LogP contribution < -0.4 is 5.32 Å². The van der Waals surface area contributed by atoms with E-state index in [1.807, 2.05) is 30.3 Å². The first kappa shape index (κ1) is 16.1. The number of hydrogen-bond donors (Lipinski definition) is 1. The van der Waals surface area contributed by atoms with Crippen LogP contribution >= 0.6 is 22.6 Å². The van der Waals surface area contributed by atoms with E-state index in [9.17, 15) is 9.59 Å². The minimum atomic E-state index is -0.258. The molecule has 0 aliphatic carbocycles. The third kappa shape index (κ3) is 6.68. The third-order valence-electron chi connectivity index (χ3n) is 2.46. The van der Waals surface area contributed by atoms with Crippen LogP contribution in [0.5, 0.6) is 0 Å². The van der Waals surface area contributed by atoms with E-state index in [4.69, 9.17) is 4.74 Å². The Kier molecular flexibility index (Phi) is 7.66. The van der Waals surface area contributed by atoms with Crippen LogP contribution in [0.3, 0.4) is 0 Å². The van der Waals surface area contributed by atoms with Crippen molar-refractivity contribution in [3.63, 3.8) is 0 Å². The Morgan fingerprint density at radius 1 is 1.32 bits per heavy atom. The molecule has 0 bridgehead atoms. The number of ether oxygens (including phenoxy) is 1. The zero-order valence-electron chi connectivity index (χ0n) is 10.9. The number of hydrogen-bond acceptors (Lipinski definition) is 3. The topological polar surface area (TPSA) is 55.4 Å². The van der Waals surface area contributed by atoms with E-state index < -0.39 is 0 Å². The molecule has 19 heavy (non-hydrogen) atoms. The minimum absolute atomic E-state index is 0.0756. The highest BCUT2D eigenvalue weighted by atomic mass is 127. The van der Waals surface area contributed by atoms with E-state index in [2.05, 4.69) is 27.9 Å². The Morgan fingerprint density at radius 2 is 2.00 bits per heavy atom. The van der Waals surface area contributed by atoms with Gasteiger partial charge in [-0.25, -0.2) is 0 Å². The van der Waals surface area contributed by atoms with Gasteiger partial charge < -0.3 is 10.1 Å². The summed E-state index contributed by atoms with van der Waals surface area (Å²) in [6.45, 7) is 2.41. The molecule has 104 valence electrons. The van der Waals surface area contributed by atoms with Crippen LogP contribution in [0.1, 0.15) is 25.0 Å². The van der Waals surface area contributed by atoms with Gasteiger partial charge in [-0.1, -0.05) is 52.9 Å². The van der Waals surface area contributed by atoms with Crippen molar-refractivity contribution in [2.24, 2.45) is 0 Å². The van der Waals surface area contributed by atoms with Gasteiger partial charge in [-0.05, 0) is 12.5 Å². The summed E-state index contributed by atoms with van der Waals surface area (Å²) in [6.07, 6.45) is -0.250. The van der Waals surface area contributed by atoms with Crippen LogP contribution in [0, 0.1) is 0 Å². The Bertz CT molecular complexity index is 408. The van der Waals surface area contributed by atoms with Crippen LogP contribution in [0.4, 0.5) is 0 Å². The fourth-order valence-corrected chi connectivity index (χ4v) is 1.88. The van der Waals surface area contributed by atoms with E-state index in [0.29, 0.717) is 13.2 Å². The van der Waals surface area contributed by atoms with E-state index in [-0.39, 0.29) is 24.2 Å². The van der Waals surface area contributed by atoms with Crippen LogP contribution in [-0.4, -0.2) is 29.3 Å². The molecule has 0 saturated carbocycles. The Morgan fingerprint density at radius 3 is 2.58 bits per heavy atom. The minimum Gasteiger partial charge on any atom is -0.371 e. The average molecular weight is 375 g/mol. The number of Topliss-reactive ketones (excluding diaryl/α,β-unsaturated/α-hetero) is 1. The van der Waals surface area contributed by atoms with Gasteiger partial charge in [0.1, 0.15) is 5.78 Å². The molecular weight excluding hydrogens is 357 g/mol. The molecule has 0 fully saturated rings. The van der Waals surface area contributed by atoms with Gasteiger partial charge in [-0.15, -0.1) is 0 Å². The average Bonchev–Trinajstić information content (AvgIpc) is 2.39. The van der Waals surface area contributed by atoms with Gasteiger partial charge in [0.2, 0.25) is 5.91 Å². The second kappa shape index (κ2) is 9.03. The molecule has 4 nitrogen and oxygen atoms in total. The van der Waals surface area contributed by atoms with Crippen molar-refractivity contribution in [1.82, 2.24) is 5.32 Å². The number of ketones is 1.